The molecule has 0 spiro atoms. The van der Waals surface area contributed by atoms with Crippen molar-refractivity contribution in [2.24, 2.45) is 0 Å². The molecule has 1 fully saturated rings. The van der Waals surface area contributed by atoms with E-state index in [1.54, 1.807) is 47.1 Å². The van der Waals surface area contributed by atoms with E-state index in [9.17, 15) is 9.59 Å². The Balaban J connectivity index is 1.56. The average Bonchev–Trinajstić information content (AvgIpc) is 2.94. The SMILES string of the molecule is Cc1cc(C(=O)N2CCN(C(=O)Nc3ccc(Cl)cc3)CC2)c(C)o1. The molecule has 2 heterocycles. The number of furan rings is 1. The van der Waals surface area contributed by atoms with Crippen LogP contribution < -0.4 is 5.32 Å². The minimum atomic E-state index is -0.176. The van der Waals surface area contributed by atoms with E-state index >= 15 is 0 Å². The molecule has 1 aliphatic heterocycles. The number of nitrogens with one attached hydrogen (secondary N) is 1. The zero-order chi connectivity index (χ0) is 18.0. The Bertz CT molecular complexity index is 777. The van der Waals surface area contributed by atoms with E-state index in [0.29, 0.717) is 48.2 Å². The summed E-state index contributed by atoms with van der Waals surface area (Å²) in [5.74, 6) is 1.30. The maximum atomic E-state index is 12.6. The minimum Gasteiger partial charge on any atom is -0.466 e. The highest BCUT2D eigenvalue weighted by Crippen LogP contribution is 2.18. The molecule has 2 aromatic rings. The van der Waals surface area contributed by atoms with Crippen LogP contribution in [0.15, 0.2) is 34.7 Å². The molecule has 0 radical (unpaired) electrons. The van der Waals surface area contributed by atoms with Crippen LogP contribution in [0.25, 0.3) is 0 Å². The number of nitrogens with zero attached hydrogens (tertiary/aromatic N) is 2. The first kappa shape index (κ1) is 17.4. The number of carbonyl (C=O) groups excluding carboxylic acids is 2. The van der Waals surface area contributed by atoms with Crippen LogP contribution in [0.2, 0.25) is 5.02 Å². The highest BCUT2D eigenvalue weighted by Gasteiger charge is 2.26. The fraction of sp³-hybridized carbons (Fsp3) is 0.333. The normalized spacial score (nSPS) is 14.5. The summed E-state index contributed by atoms with van der Waals surface area (Å²) in [5, 5.41) is 3.46. The van der Waals surface area contributed by atoms with Gasteiger partial charge in [-0.1, -0.05) is 11.6 Å². The van der Waals surface area contributed by atoms with Gasteiger partial charge in [-0.05, 0) is 44.2 Å². The third-order valence-corrected chi connectivity index (χ3v) is 4.47. The molecule has 6 nitrogen and oxygen atoms in total. The number of halogens is 1. The van der Waals surface area contributed by atoms with Crippen molar-refractivity contribution in [1.82, 2.24) is 9.80 Å². The first-order valence-corrected chi connectivity index (χ1v) is 8.49. The minimum absolute atomic E-state index is 0.0490. The molecule has 7 heteroatoms. The summed E-state index contributed by atoms with van der Waals surface area (Å²) in [7, 11) is 0. The molecule has 1 aromatic carbocycles. The summed E-state index contributed by atoms with van der Waals surface area (Å²) in [6.45, 7) is 5.58. The van der Waals surface area contributed by atoms with Gasteiger partial charge in [0.1, 0.15) is 11.5 Å². The van der Waals surface area contributed by atoms with E-state index in [1.165, 1.54) is 0 Å². The number of anilines is 1. The van der Waals surface area contributed by atoms with Gasteiger partial charge in [-0.15, -0.1) is 0 Å². The smallest absolute Gasteiger partial charge is 0.321 e. The summed E-state index contributed by atoms with van der Waals surface area (Å²) in [6.07, 6.45) is 0. The number of hydrogen-bond donors (Lipinski definition) is 1. The second kappa shape index (κ2) is 7.19. The quantitative estimate of drug-likeness (QED) is 0.889. The van der Waals surface area contributed by atoms with Crippen molar-refractivity contribution in [3.05, 3.63) is 52.4 Å². The monoisotopic (exact) mass is 361 g/mol. The number of carbonyl (C=O) groups is 2. The Morgan fingerprint density at radius 1 is 1.04 bits per heavy atom. The fourth-order valence-electron chi connectivity index (χ4n) is 2.86. The van der Waals surface area contributed by atoms with E-state index in [2.05, 4.69) is 5.32 Å². The van der Waals surface area contributed by atoms with Crippen LogP contribution in [0.4, 0.5) is 10.5 Å². The van der Waals surface area contributed by atoms with Gasteiger partial charge >= 0.3 is 6.03 Å². The maximum Gasteiger partial charge on any atom is 0.321 e. The topological polar surface area (TPSA) is 65.8 Å². The van der Waals surface area contributed by atoms with Crippen molar-refractivity contribution in [3.8, 4) is 0 Å². The van der Waals surface area contributed by atoms with Gasteiger partial charge in [0.25, 0.3) is 5.91 Å². The molecule has 3 amide bonds. The van der Waals surface area contributed by atoms with Gasteiger partial charge in [0, 0.05) is 36.9 Å². The van der Waals surface area contributed by atoms with Crippen LogP contribution in [0.3, 0.4) is 0 Å². The predicted octanol–water partition coefficient (Wildman–Crippen LogP) is 3.54. The van der Waals surface area contributed by atoms with Gasteiger partial charge in [-0.25, -0.2) is 4.79 Å². The van der Waals surface area contributed by atoms with Gasteiger partial charge < -0.3 is 19.5 Å². The highest BCUT2D eigenvalue weighted by atomic mass is 35.5. The van der Waals surface area contributed by atoms with Gasteiger partial charge in [0.15, 0.2) is 0 Å². The van der Waals surface area contributed by atoms with E-state index in [4.69, 9.17) is 16.0 Å². The number of hydrogen-bond acceptors (Lipinski definition) is 3. The molecule has 132 valence electrons. The van der Waals surface area contributed by atoms with Crippen molar-refractivity contribution < 1.29 is 14.0 Å². The number of piperazine rings is 1. The van der Waals surface area contributed by atoms with Crippen LogP contribution in [0.1, 0.15) is 21.9 Å². The summed E-state index contributed by atoms with van der Waals surface area (Å²) in [4.78, 5) is 28.3. The van der Waals surface area contributed by atoms with E-state index in [0.717, 1.165) is 5.76 Å². The Morgan fingerprint density at radius 2 is 1.64 bits per heavy atom. The van der Waals surface area contributed by atoms with Crippen molar-refractivity contribution in [2.75, 3.05) is 31.5 Å². The van der Waals surface area contributed by atoms with Crippen LogP contribution in [0.5, 0.6) is 0 Å². The summed E-state index contributed by atoms with van der Waals surface area (Å²) in [5.41, 5.74) is 1.29. The molecule has 0 atom stereocenters. The van der Waals surface area contributed by atoms with Crippen LogP contribution in [0, 0.1) is 13.8 Å². The Morgan fingerprint density at radius 3 is 2.20 bits per heavy atom. The Labute approximate surface area is 151 Å². The van der Waals surface area contributed by atoms with Gasteiger partial charge in [-0.2, -0.15) is 0 Å². The van der Waals surface area contributed by atoms with E-state index in [-0.39, 0.29) is 11.9 Å². The summed E-state index contributed by atoms with van der Waals surface area (Å²) < 4.78 is 5.43. The number of urea groups is 1. The van der Waals surface area contributed by atoms with Crippen LogP contribution in [-0.2, 0) is 0 Å². The molecule has 0 unspecified atom stereocenters. The zero-order valence-corrected chi connectivity index (χ0v) is 15.0. The molecule has 0 saturated carbocycles. The van der Waals surface area contributed by atoms with E-state index in [1.807, 2.05) is 6.92 Å². The fourth-order valence-corrected chi connectivity index (χ4v) is 2.99. The van der Waals surface area contributed by atoms with Crippen molar-refractivity contribution >= 4 is 29.2 Å². The number of amides is 3. The molecule has 1 saturated heterocycles. The standard InChI is InChI=1S/C18H20ClN3O3/c1-12-11-16(13(2)25-12)17(23)21-7-9-22(10-8-21)18(24)20-15-5-3-14(19)4-6-15/h3-6,11H,7-10H2,1-2H3,(H,20,24). The average molecular weight is 362 g/mol. The second-order valence-electron chi connectivity index (χ2n) is 6.04. The number of rotatable bonds is 2. The molecule has 1 N–H and O–H groups in total. The first-order valence-electron chi connectivity index (χ1n) is 8.12. The second-order valence-corrected chi connectivity index (χ2v) is 6.48. The third kappa shape index (κ3) is 3.96. The van der Waals surface area contributed by atoms with E-state index < -0.39 is 0 Å². The Hall–Kier alpha value is -2.47. The molecular formula is C18H20ClN3O3. The van der Waals surface area contributed by atoms with Gasteiger partial charge in [0.05, 0.1) is 5.56 Å². The molecule has 0 bridgehead atoms. The van der Waals surface area contributed by atoms with Gasteiger partial charge in [-0.3, -0.25) is 4.79 Å². The first-order chi connectivity index (χ1) is 11.9. The number of benzene rings is 1. The molecule has 0 aliphatic carbocycles. The zero-order valence-electron chi connectivity index (χ0n) is 14.2. The lowest BCUT2D eigenvalue weighted by Crippen LogP contribution is -2.51. The van der Waals surface area contributed by atoms with Gasteiger partial charge in [0.2, 0.25) is 0 Å². The molecule has 1 aliphatic rings. The third-order valence-electron chi connectivity index (χ3n) is 4.22. The Kier molecular flexibility index (Phi) is 4.99. The molecular weight excluding hydrogens is 342 g/mol. The highest BCUT2D eigenvalue weighted by molar-refractivity contribution is 6.30. The van der Waals surface area contributed by atoms with Crippen LogP contribution >= 0.6 is 11.6 Å². The lowest BCUT2D eigenvalue weighted by molar-refractivity contribution is 0.0670. The largest absolute Gasteiger partial charge is 0.466 e. The molecule has 25 heavy (non-hydrogen) atoms. The van der Waals surface area contributed by atoms with Crippen LogP contribution in [-0.4, -0.2) is 47.9 Å². The van der Waals surface area contributed by atoms with Crippen molar-refractivity contribution in [3.63, 3.8) is 0 Å². The maximum absolute atomic E-state index is 12.6. The lowest BCUT2D eigenvalue weighted by Gasteiger charge is -2.34. The van der Waals surface area contributed by atoms with Crippen molar-refractivity contribution in [2.45, 2.75) is 13.8 Å². The number of aryl methyl sites for hydroxylation is 2. The summed E-state index contributed by atoms with van der Waals surface area (Å²) >= 11 is 5.84. The van der Waals surface area contributed by atoms with Crippen molar-refractivity contribution in [1.29, 1.82) is 0 Å². The molecule has 3 rings (SSSR count). The molecule has 1 aromatic heterocycles. The lowest BCUT2D eigenvalue weighted by atomic mass is 10.2. The summed E-state index contributed by atoms with van der Waals surface area (Å²) in [6, 6.07) is 8.54. The predicted molar refractivity (Wildman–Crippen MR) is 96.1 cm³/mol.